The van der Waals surface area contributed by atoms with Gasteiger partial charge in [0, 0.05) is 35.6 Å². The third-order valence-electron chi connectivity index (χ3n) is 7.67. The number of anilines is 2. The lowest BCUT2D eigenvalue weighted by Crippen LogP contribution is -2.46. The fourth-order valence-corrected chi connectivity index (χ4v) is 5.81. The zero-order chi connectivity index (χ0) is 26.1. The molecule has 0 saturated heterocycles. The van der Waals surface area contributed by atoms with Crippen molar-refractivity contribution in [2.24, 2.45) is 0 Å². The number of hydrogen-bond acceptors (Lipinski definition) is 6. The van der Waals surface area contributed by atoms with Crippen molar-refractivity contribution in [1.29, 1.82) is 10.5 Å². The van der Waals surface area contributed by atoms with Crippen LogP contribution in [0.4, 0.5) is 11.4 Å². The molecule has 4 heterocycles. The lowest BCUT2D eigenvalue weighted by molar-refractivity contribution is 0.651. The molecule has 184 valence electrons. The first-order valence-electron chi connectivity index (χ1n) is 12.7. The van der Waals surface area contributed by atoms with Gasteiger partial charge in [-0.15, -0.1) is 0 Å². The summed E-state index contributed by atoms with van der Waals surface area (Å²) in [5, 5.41) is 18.4. The minimum absolute atomic E-state index is 0.617. The van der Waals surface area contributed by atoms with E-state index in [4.69, 9.17) is 9.97 Å². The molecular formula is C31H20N8. The Morgan fingerprint density at radius 3 is 1.56 bits per heavy atom. The minimum Gasteiger partial charge on any atom is -0.349 e. The van der Waals surface area contributed by atoms with Gasteiger partial charge in [-0.05, 0) is 83.9 Å². The highest BCUT2D eigenvalue weighted by Crippen LogP contribution is 2.40. The number of nitriles is 2. The minimum atomic E-state index is 0.617. The first-order chi connectivity index (χ1) is 19.1. The van der Waals surface area contributed by atoms with E-state index in [0.29, 0.717) is 11.1 Å². The average Bonchev–Trinajstić information content (AvgIpc) is 3.60. The van der Waals surface area contributed by atoms with E-state index < -0.39 is 0 Å². The van der Waals surface area contributed by atoms with Crippen molar-refractivity contribution in [1.82, 2.24) is 19.9 Å². The number of imidazole rings is 2. The molecule has 0 unspecified atom stereocenters. The van der Waals surface area contributed by atoms with E-state index in [1.807, 2.05) is 24.3 Å². The van der Waals surface area contributed by atoms with E-state index in [2.05, 4.69) is 68.3 Å². The Kier molecular flexibility index (Phi) is 4.38. The average molecular weight is 505 g/mol. The number of hydrogen-bond donors (Lipinski definition) is 2. The van der Waals surface area contributed by atoms with Crippen LogP contribution in [0, 0.1) is 22.7 Å². The van der Waals surface area contributed by atoms with E-state index in [-0.39, 0.29) is 0 Å². The molecule has 8 rings (SSSR count). The highest BCUT2D eigenvalue weighted by Gasteiger charge is 2.30. The molecule has 2 N–H and O–H groups in total. The monoisotopic (exact) mass is 504 g/mol. The third kappa shape index (κ3) is 3.36. The van der Waals surface area contributed by atoms with E-state index in [0.717, 1.165) is 64.6 Å². The molecule has 2 aliphatic rings. The molecule has 6 aromatic rings. The number of benzene rings is 4. The van der Waals surface area contributed by atoms with Gasteiger partial charge in [-0.1, -0.05) is 0 Å². The van der Waals surface area contributed by atoms with Crippen molar-refractivity contribution >= 4 is 33.4 Å². The predicted molar refractivity (Wildman–Crippen MR) is 150 cm³/mol. The molecule has 39 heavy (non-hydrogen) atoms. The molecule has 0 amide bonds. The Balaban J connectivity index is 1.12. The topological polar surface area (TPSA) is 111 Å². The van der Waals surface area contributed by atoms with Gasteiger partial charge >= 0.3 is 0 Å². The Labute approximate surface area is 223 Å². The number of nitrogens with zero attached hydrogens (tertiary/aromatic N) is 6. The van der Waals surface area contributed by atoms with Gasteiger partial charge < -0.3 is 19.8 Å². The van der Waals surface area contributed by atoms with Gasteiger partial charge in [0.2, 0.25) is 0 Å². The maximum atomic E-state index is 9.21. The SMILES string of the molecule is N#Cc1ccc2nc(-c3ccc4c(c3)CN3CN4Cc4cc(-c5nc6ccc(C#N)cc6[nH]5)ccc43)[nH]c2c1. The molecule has 0 fully saturated rings. The van der Waals surface area contributed by atoms with Gasteiger partial charge in [0.1, 0.15) is 11.6 Å². The summed E-state index contributed by atoms with van der Waals surface area (Å²) >= 11 is 0. The van der Waals surface area contributed by atoms with Crippen LogP contribution in [0.2, 0.25) is 0 Å². The van der Waals surface area contributed by atoms with Crippen molar-refractivity contribution < 1.29 is 0 Å². The summed E-state index contributed by atoms with van der Waals surface area (Å²) in [5.41, 5.74) is 11.7. The van der Waals surface area contributed by atoms with Crippen LogP contribution in [0.25, 0.3) is 44.8 Å². The number of aromatic amines is 2. The second-order valence-electron chi connectivity index (χ2n) is 10.1. The first kappa shape index (κ1) is 21.5. The Morgan fingerprint density at radius 1 is 0.615 bits per heavy atom. The first-order valence-corrected chi connectivity index (χ1v) is 12.7. The molecule has 0 aliphatic carbocycles. The fraction of sp³-hybridized carbons (Fsp3) is 0.0968. The Hall–Kier alpha value is -5.60. The van der Waals surface area contributed by atoms with Gasteiger partial charge in [-0.25, -0.2) is 9.97 Å². The van der Waals surface area contributed by atoms with E-state index in [1.54, 1.807) is 12.1 Å². The normalized spacial score (nSPS) is 13.7. The van der Waals surface area contributed by atoms with Crippen LogP contribution in [0.5, 0.6) is 0 Å². The highest BCUT2D eigenvalue weighted by molar-refractivity contribution is 5.83. The summed E-state index contributed by atoms with van der Waals surface area (Å²) in [6, 6.07) is 28.5. The molecule has 0 atom stereocenters. The van der Waals surface area contributed by atoms with Crippen LogP contribution in [0.1, 0.15) is 22.3 Å². The number of fused-ring (bicyclic) bond motifs is 8. The van der Waals surface area contributed by atoms with Crippen LogP contribution in [-0.2, 0) is 13.1 Å². The predicted octanol–water partition coefficient (Wildman–Crippen LogP) is 5.81. The Morgan fingerprint density at radius 2 is 1.10 bits per heavy atom. The van der Waals surface area contributed by atoms with Crippen molar-refractivity contribution in [2.45, 2.75) is 13.1 Å². The highest BCUT2D eigenvalue weighted by atomic mass is 15.4. The second kappa shape index (κ2) is 7.95. The lowest BCUT2D eigenvalue weighted by Gasteiger charge is -2.45. The number of aromatic nitrogens is 4. The molecule has 8 nitrogen and oxygen atoms in total. The van der Waals surface area contributed by atoms with Gasteiger partial charge in [0.25, 0.3) is 0 Å². The van der Waals surface area contributed by atoms with Crippen LogP contribution >= 0.6 is 0 Å². The molecule has 2 aromatic heterocycles. The van der Waals surface area contributed by atoms with Crippen LogP contribution in [0.15, 0.2) is 72.8 Å². The zero-order valence-corrected chi connectivity index (χ0v) is 20.7. The maximum Gasteiger partial charge on any atom is 0.138 e. The van der Waals surface area contributed by atoms with Crippen LogP contribution in [-0.4, -0.2) is 26.6 Å². The summed E-state index contributed by atoms with van der Waals surface area (Å²) in [4.78, 5) is 21.1. The molecule has 0 saturated carbocycles. The van der Waals surface area contributed by atoms with E-state index >= 15 is 0 Å². The summed E-state index contributed by atoms with van der Waals surface area (Å²) in [5.74, 6) is 1.61. The number of rotatable bonds is 2. The quantitative estimate of drug-likeness (QED) is 0.308. The summed E-state index contributed by atoms with van der Waals surface area (Å²) in [6.07, 6.45) is 0. The van der Waals surface area contributed by atoms with Crippen molar-refractivity contribution in [2.75, 3.05) is 16.5 Å². The second-order valence-corrected chi connectivity index (χ2v) is 10.1. The molecule has 0 radical (unpaired) electrons. The van der Waals surface area contributed by atoms with E-state index in [1.165, 1.54) is 22.5 Å². The largest absolute Gasteiger partial charge is 0.349 e. The lowest BCUT2D eigenvalue weighted by atomic mass is 9.98. The van der Waals surface area contributed by atoms with Gasteiger partial charge in [0.05, 0.1) is 52.0 Å². The fourth-order valence-electron chi connectivity index (χ4n) is 5.81. The summed E-state index contributed by atoms with van der Waals surface area (Å²) < 4.78 is 0. The van der Waals surface area contributed by atoms with Crippen molar-refractivity contribution in [3.63, 3.8) is 0 Å². The zero-order valence-electron chi connectivity index (χ0n) is 20.7. The van der Waals surface area contributed by atoms with Crippen LogP contribution in [0.3, 0.4) is 0 Å². The van der Waals surface area contributed by atoms with Gasteiger partial charge in [-0.3, -0.25) is 0 Å². The van der Waals surface area contributed by atoms with Crippen molar-refractivity contribution in [3.05, 3.63) is 95.1 Å². The molecule has 0 spiro atoms. The molecule has 2 bridgehead atoms. The maximum absolute atomic E-state index is 9.21. The van der Waals surface area contributed by atoms with Gasteiger partial charge in [-0.2, -0.15) is 10.5 Å². The molecular weight excluding hydrogens is 484 g/mol. The van der Waals surface area contributed by atoms with Gasteiger partial charge in [0.15, 0.2) is 0 Å². The number of nitrogens with one attached hydrogen (secondary N) is 2. The smallest absolute Gasteiger partial charge is 0.138 e. The van der Waals surface area contributed by atoms with Crippen LogP contribution < -0.4 is 9.80 Å². The molecule has 8 heteroatoms. The standard InChI is InChI=1S/C31H20N8/c32-13-18-1-5-24-26(9-18)36-30(34-24)20-3-7-28-22(11-20)15-38-17-39(28)16-23-12-21(4-8-29(23)38)31-35-25-6-2-19(14-33)10-27(25)37-31/h1-12H,15-17H2,(H,34,36)(H,35,37). The summed E-state index contributed by atoms with van der Waals surface area (Å²) in [7, 11) is 0. The number of H-pyrrole nitrogens is 2. The molecule has 4 aromatic carbocycles. The molecule has 2 aliphatic heterocycles. The summed E-state index contributed by atoms with van der Waals surface area (Å²) in [6.45, 7) is 2.47. The third-order valence-corrected chi connectivity index (χ3v) is 7.67. The van der Waals surface area contributed by atoms with E-state index in [9.17, 15) is 10.5 Å². The van der Waals surface area contributed by atoms with Crippen molar-refractivity contribution in [3.8, 4) is 34.9 Å². The Bertz CT molecular complexity index is 1900.